The van der Waals surface area contributed by atoms with E-state index in [1.165, 1.54) is 5.57 Å². The van der Waals surface area contributed by atoms with Gasteiger partial charge in [-0.1, -0.05) is 11.6 Å². The van der Waals surface area contributed by atoms with Crippen LogP contribution in [0.2, 0.25) is 0 Å². The van der Waals surface area contributed by atoms with Crippen molar-refractivity contribution in [2.24, 2.45) is 11.8 Å². The van der Waals surface area contributed by atoms with E-state index >= 15 is 0 Å². The van der Waals surface area contributed by atoms with E-state index in [1.54, 1.807) is 0 Å². The third-order valence-corrected chi connectivity index (χ3v) is 2.08. The van der Waals surface area contributed by atoms with Gasteiger partial charge in [0.2, 0.25) is 0 Å². The van der Waals surface area contributed by atoms with Crippen LogP contribution in [0, 0.1) is 34.5 Å². The fraction of sp³-hybridized carbons (Fsp3) is 0.556. The summed E-state index contributed by atoms with van der Waals surface area (Å²) >= 11 is 0. The van der Waals surface area contributed by atoms with Gasteiger partial charge >= 0.3 is 0 Å². The van der Waals surface area contributed by atoms with Crippen molar-refractivity contribution in [2.45, 2.75) is 19.8 Å². The Morgan fingerprint density at radius 1 is 1.36 bits per heavy atom. The molecular weight excluding hydrogens is 136 g/mol. The largest absolute Gasteiger partial charge is 0.198 e. The Kier molecular flexibility index (Phi) is 2.28. The first-order valence-electron chi connectivity index (χ1n) is 3.72. The number of hydrogen-bond acceptors (Lipinski definition) is 2. The molecule has 0 aromatic rings. The van der Waals surface area contributed by atoms with Gasteiger partial charge in [0.05, 0.1) is 24.0 Å². The van der Waals surface area contributed by atoms with Crippen molar-refractivity contribution in [2.75, 3.05) is 0 Å². The molecule has 11 heavy (non-hydrogen) atoms. The number of nitriles is 2. The molecule has 56 valence electrons. The predicted octanol–water partition coefficient (Wildman–Crippen LogP) is 2.01. The first-order valence-corrected chi connectivity index (χ1v) is 3.72. The Labute approximate surface area is 66.7 Å². The third kappa shape index (κ3) is 1.59. The number of nitrogens with zero attached hydrogens (tertiary/aromatic N) is 2. The summed E-state index contributed by atoms with van der Waals surface area (Å²) < 4.78 is 0. The van der Waals surface area contributed by atoms with E-state index in [1.807, 2.05) is 6.92 Å². The number of allylic oxidation sites excluding steroid dienone is 2. The Morgan fingerprint density at radius 2 is 2.00 bits per heavy atom. The Morgan fingerprint density at radius 3 is 2.55 bits per heavy atom. The molecule has 2 nitrogen and oxygen atoms in total. The SMILES string of the molecule is CC1=CCC(C#N)C(C#N)C1. The highest BCUT2D eigenvalue weighted by Gasteiger charge is 2.23. The standard InChI is InChI=1S/C9H10N2/c1-7-2-3-8(5-10)9(4-7)6-11/h2,8-9H,3-4H2,1H3. The van der Waals surface area contributed by atoms with E-state index < -0.39 is 0 Å². The van der Waals surface area contributed by atoms with Gasteiger partial charge < -0.3 is 0 Å². The average Bonchev–Trinajstić information content (AvgIpc) is 2.04. The van der Waals surface area contributed by atoms with E-state index in [0.29, 0.717) is 0 Å². The molecule has 2 atom stereocenters. The zero-order chi connectivity index (χ0) is 8.27. The van der Waals surface area contributed by atoms with Crippen LogP contribution in [-0.2, 0) is 0 Å². The topological polar surface area (TPSA) is 47.6 Å². The lowest BCUT2D eigenvalue weighted by atomic mass is 9.82. The van der Waals surface area contributed by atoms with Gasteiger partial charge in [-0.2, -0.15) is 10.5 Å². The Hall–Kier alpha value is -1.28. The van der Waals surface area contributed by atoms with Crippen molar-refractivity contribution in [3.63, 3.8) is 0 Å². The Bertz CT molecular complexity index is 252. The van der Waals surface area contributed by atoms with Crippen molar-refractivity contribution in [1.82, 2.24) is 0 Å². The molecule has 0 bridgehead atoms. The molecule has 2 unspecified atom stereocenters. The summed E-state index contributed by atoms with van der Waals surface area (Å²) in [5.41, 5.74) is 1.24. The molecule has 2 heteroatoms. The van der Waals surface area contributed by atoms with Gasteiger partial charge in [0, 0.05) is 0 Å². The summed E-state index contributed by atoms with van der Waals surface area (Å²) in [4.78, 5) is 0. The van der Waals surface area contributed by atoms with Crippen LogP contribution in [0.15, 0.2) is 11.6 Å². The van der Waals surface area contributed by atoms with Gasteiger partial charge in [0.1, 0.15) is 0 Å². The van der Waals surface area contributed by atoms with Crippen molar-refractivity contribution in [1.29, 1.82) is 10.5 Å². The molecule has 1 rings (SSSR count). The summed E-state index contributed by atoms with van der Waals surface area (Å²) in [7, 11) is 0. The molecule has 0 amide bonds. The molecule has 0 aromatic heterocycles. The molecule has 0 radical (unpaired) electrons. The van der Waals surface area contributed by atoms with E-state index in [0.717, 1.165) is 12.8 Å². The van der Waals surface area contributed by atoms with Crippen LogP contribution in [0.3, 0.4) is 0 Å². The van der Waals surface area contributed by atoms with Crippen LogP contribution >= 0.6 is 0 Å². The van der Waals surface area contributed by atoms with Crippen LogP contribution in [0.1, 0.15) is 19.8 Å². The highest BCUT2D eigenvalue weighted by Crippen LogP contribution is 2.28. The second kappa shape index (κ2) is 3.21. The predicted molar refractivity (Wildman–Crippen MR) is 41.2 cm³/mol. The molecule has 0 N–H and O–H groups in total. The number of hydrogen-bond donors (Lipinski definition) is 0. The van der Waals surface area contributed by atoms with E-state index in [2.05, 4.69) is 18.2 Å². The molecule has 0 aromatic carbocycles. The normalized spacial score (nSPS) is 29.9. The second-order valence-electron chi connectivity index (χ2n) is 2.96. The second-order valence-corrected chi connectivity index (χ2v) is 2.96. The van der Waals surface area contributed by atoms with Gasteiger partial charge in [-0.05, 0) is 19.8 Å². The summed E-state index contributed by atoms with van der Waals surface area (Å²) in [6.45, 7) is 2.01. The minimum absolute atomic E-state index is 0.0787. The van der Waals surface area contributed by atoms with E-state index in [-0.39, 0.29) is 11.8 Å². The summed E-state index contributed by atoms with van der Waals surface area (Å²) in [5, 5.41) is 17.3. The molecular formula is C9H10N2. The fourth-order valence-corrected chi connectivity index (χ4v) is 1.34. The highest BCUT2D eigenvalue weighted by molar-refractivity contribution is 5.14. The molecule has 1 aliphatic rings. The minimum Gasteiger partial charge on any atom is -0.198 e. The highest BCUT2D eigenvalue weighted by atomic mass is 14.4. The average molecular weight is 146 g/mol. The smallest absolute Gasteiger partial charge is 0.0673 e. The maximum Gasteiger partial charge on any atom is 0.0673 e. The van der Waals surface area contributed by atoms with Crippen molar-refractivity contribution in [3.05, 3.63) is 11.6 Å². The molecule has 0 fully saturated rings. The Balaban J connectivity index is 2.74. The van der Waals surface area contributed by atoms with E-state index in [4.69, 9.17) is 10.5 Å². The molecule has 0 saturated carbocycles. The first kappa shape index (κ1) is 7.82. The van der Waals surface area contributed by atoms with Gasteiger partial charge in [0.25, 0.3) is 0 Å². The quantitative estimate of drug-likeness (QED) is 0.491. The summed E-state index contributed by atoms with van der Waals surface area (Å²) in [6, 6.07) is 4.33. The van der Waals surface area contributed by atoms with Gasteiger partial charge in [-0.3, -0.25) is 0 Å². The molecule has 0 aliphatic heterocycles. The summed E-state index contributed by atoms with van der Waals surface area (Å²) in [6.07, 6.45) is 3.58. The van der Waals surface area contributed by atoms with Crippen molar-refractivity contribution in [3.8, 4) is 12.1 Å². The summed E-state index contributed by atoms with van der Waals surface area (Å²) in [5.74, 6) is -0.159. The van der Waals surface area contributed by atoms with Crippen LogP contribution in [-0.4, -0.2) is 0 Å². The molecule has 1 aliphatic carbocycles. The minimum atomic E-state index is -0.0799. The number of rotatable bonds is 0. The van der Waals surface area contributed by atoms with Crippen LogP contribution in [0.5, 0.6) is 0 Å². The fourth-order valence-electron chi connectivity index (χ4n) is 1.34. The van der Waals surface area contributed by atoms with Crippen LogP contribution in [0.4, 0.5) is 0 Å². The lowest BCUT2D eigenvalue weighted by Gasteiger charge is -2.19. The van der Waals surface area contributed by atoms with Gasteiger partial charge in [-0.25, -0.2) is 0 Å². The van der Waals surface area contributed by atoms with Crippen molar-refractivity contribution >= 4 is 0 Å². The van der Waals surface area contributed by atoms with E-state index in [9.17, 15) is 0 Å². The molecule has 0 heterocycles. The zero-order valence-electron chi connectivity index (χ0n) is 6.54. The maximum absolute atomic E-state index is 8.68. The maximum atomic E-state index is 8.68. The van der Waals surface area contributed by atoms with Gasteiger partial charge in [0.15, 0.2) is 0 Å². The lowest BCUT2D eigenvalue weighted by Crippen LogP contribution is -2.14. The third-order valence-electron chi connectivity index (χ3n) is 2.08. The van der Waals surface area contributed by atoms with Gasteiger partial charge in [-0.15, -0.1) is 0 Å². The molecule has 0 saturated heterocycles. The van der Waals surface area contributed by atoms with Crippen molar-refractivity contribution < 1.29 is 0 Å². The zero-order valence-corrected chi connectivity index (χ0v) is 6.54. The van der Waals surface area contributed by atoms with Crippen LogP contribution in [0.25, 0.3) is 0 Å². The monoisotopic (exact) mass is 146 g/mol. The lowest BCUT2D eigenvalue weighted by molar-refractivity contribution is 0.471. The van der Waals surface area contributed by atoms with Crippen LogP contribution < -0.4 is 0 Å². The first-order chi connectivity index (χ1) is 5.27. The molecule has 0 spiro atoms.